The van der Waals surface area contributed by atoms with Crippen LogP contribution in [-0.2, 0) is 14.4 Å². The number of H-pyrrole nitrogens is 1. The maximum absolute atomic E-state index is 13.5. The number of carbonyl (C=O) groups is 4. The Labute approximate surface area is 202 Å². The standard InChI is InChI=1S/C25H29ClN4O4/c1-12-6-15(26)7-14-9-18(29-20(12)14)24(34)30-10-17-19(25(17,2)3)21(30)23(33)28-16(11-31)8-13-4-5-27-22(13)32/h6-7,9,11,13,16-17,19,21,29H,4-5,8,10H2,1-3H3,(H,27,32)(H,28,33)/t13-,16-,17-,19-,21-/m0/s1. The third kappa shape index (κ3) is 3.68. The molecule has 2 aliphatic heterocycles. The quantitative estimate of drug-likeness (QED) is 0.547. The van der Waals surface area contributed by atoms with Gasteiger partial charge in [-0.2, -0.15) is 0 Å². The first kappa shape index (κ1) is 22.9. The van der Waals surface area contributed by atoms with E-state index in [4.69, 9.17) is 11.6 Å². The number of carbonyl (C=O) groups excluding carboxylic acids is 4. The van der Waals surface area contributed by atoms with Gasteiger partial charge in [-0.15, -0.1) is 0 Å². The van der Waals surface area contributed by atoms with Crippen LogP contribution >= 0.6 is 11.6 Å². The number of aldehydes is 1. The third-order valence-electron chi connectivity index (χ3n) is 8.05. The predicted molar refractivity (Wildman–Crippen MR) is 127 cm³/mol. The van der Waals surface area contributed by atoms with Crippen LogP contribution in [0.25, 0.3) is 10.9 Å². The second kappa shape index (κ2) is 8.12. The summed E-state index contributed by atoms with van der Waals surface area (Å²) >= 11 is 6.18. The lowest BCUT2D eigenvalue weighted by Crippen LogP contribution is -2.52. The topological polar surface area (TPSA) is 111 Å². The van der Waals surface area contributed by atoms with Gasteiger partial charge in [0.2, 0.25) is 11.8 Å². The number of nitrogens with one attached hydrogen (secondary N) is 3. The monoisotopic (exact) mass is 484 g/mol. The van der Waals surface area contributed by atoms with Crippen LogP contribution in [0, 0.1) is 30.1 Å². The first-order valence-corrected chi connectivity index (χ1v) is 12.1. The molecule has 9 heteroatoms. The molecular formula is C25H29ClN4O4. The van der Waals surface area contributed by atoms with Crippen molar-refractivity contribution in [1.82, 2.24) is 20.5 Å². The Balaban J connectivity index is 1.37. The molecule has 0 unspecified atom stereocenters. The molecule has 1 aliphatic carbocycles. The number of nitrogens with zero attached hydrogens (tertiary/aromatic N) is 1. The van der Waals surface area contributed by atoms with Crippen molar-refractivity contribution in [2.75, 3.05) is 13.1 Å². The summed E-state index contributed by atoms with van der Waals surface area (Å²) in [6.45, 7) is 7.21. The summed E-state index contributed by atoms with van der Waals surface area (Å²) < 4.78 is 0. The van der Waals surface area contributed by atoms with E-state index in [1.54, 1.807) is 17.0 Å². The van der Waals surface area contributed by atoms with E-state index in [1.807, 2.05) is 13.0 Å². The number of halogens is 1. The molecule has 5 atom stereocenters. The van der Waals surface area contributed by atoms with Gasteiger partial charge in [0.15, 0.2) is 0 Å². The van der Waals surface area contributed by atoms with Gasteiger partial charge in [-0.1, -0.05) is 25.4 Å². The molecule has 5 rings (SSSR count). The van der Waals surface area contributed by atoms with Crippen molar-refractivity contribution in [2.45, 2.75) is 45.7 Å². The SMILES string of the molecule is Cc1cc(Cl)cc2cc(C(=O)N3C[C@H]4[C@@H]([C@H]3C(=O)N[C@H](C=O)C[C@@H]3CCNC3=O)C4(C)C)[nH]c12. The van der Waals surface area contributed by atoms with Crippen molar-refractivity contribution in [3.05, 3.63) is 34.5 Å². The van der Waals surface area contributed by atoms with Gasteiger partial charge in [0.25, 0.3) is 5.91 Å². The second-order valence-electron chi connectivity index (χ2n) is 10.5. The number of amides is 3. The Morgan fingerprint density at radius 2 is 2.09 bits per heavy atom. The molecule has 1 aromatic heterocycles. The Morgan fingerprint density at radius 3 is 2.76 bits per heavy atom. The Bertz CT molecular complexity index is 1200. The van der Waals surface area contributed by atoms with Gasteiger partial charge in [-0.3, -0.25) is 14.4 Å². The highest BCUT2D eigenvalue weighted by molar-refractivity contribution is 6.31. The summed E-state index contributed by atoms with van der Waals surface area (Å²) in [5.74, 6) is -0.702. The number of benzene rings is 1. The van der Waals surface area contributed by atoms with Gasteiger partial charge in [0, 0.05) is 34.9 Å². The van der Waals surface area contributed by atoms with Gasteiger partial charge in [0.1, 0.15) is 18.0 Å². The molecule has 0 radical (unpaired) electrons. The molecule has 1 saturated carbocycles. The molecule has 1 aromatic carbocycles. The van der Waals surface area contributed by atoms with Crippen LogP contribution in [0.2, 0.25) is 5.02 Å². The number of fused-ring (bicyclic) bond motifs is 2. The second-order valence-corrected chi connectivity index (χ2v) is 10.9. The minimum Gasteiger partial charge on any atom is -0.356 e. The van der Waals surface area contributed by atoms with Gasteiger partial charge >= 0.3 is 0 Å². The van der Waals surface area contributed by atoms with E-state index in [0.29, 0.717) is 36.5 Å². The highest BCUT2D eigenvalue weighted by Crippen LogP contribution is 2.65. The fourth-order valence-corrected chi connectivity index (χ4v) is 6.32. The summed E-state index contributed by atoms with van der Waals surface area (Å²) in [7, 11) is 0. The zero-order valence-corrected chi connectivity index (χ0v) is 20.2. The van der Waals surface area contributed by atoms with Crippen molar-refractivity contribution < 1.29 is 19.2 Å². The molecule has 0 spiro atoms. The van der Waals surface area contributed by atoms with Crippen molar-refractivity contribution in [2.24, 2.45) is 23.2 Å². The number of hydrogen-bond donors (Lipinski definition) is 3. The highest BCUT2D eigenvalue weighted by Gasteiger charge is 2.69. The molecule has 8 nitrogen and oxygen atoms in total. The van der Waals surface area contributed by atoms with E-state index < -0.39 is 12.1 Å². The van der Waals surface area contributed by atoms with Crippen molar-refractivity contribution in [1.29, 1.82) is 0 Å². The maximum atomic E-state index is 13.5. The minimum absolute atomic E-state index is 0.0269. The zero-order valence-electron chi connectivity index (χ0n) is 19.5. The van der Waals surface area contributed by atoms with E-state index >= 15 is 0 Å². The summed E-state index contributed by atoms with van der Waals surface area (Å²) in [5, 5.41) is 7.02. The Morgan fingerprint density at radius 1 is 1.32 bits per heavy atom. The molecule has 0 bridgehead atoms. The van der Waals surface area contributed by atoms with E-state index in [9.17, 15) is 19.2 Å². The van der Waals surface area contributed by atoms with E-state index in [1.165, 1.54) is 0 Å². The summed E-state index contributed by atoms with van der Waals surface area (Å²) in [6.07, 6.45) is 1.60. The number of aromatic amines is 1. The molecule has 3 heterocycles. The van der Waals surface area contributed by atoms with Crippen LogP contribution in [0.1, 0.15) is 42.7 Å². The lowest BCUT2D eigenvalue weighted by atomic mass is 9.97. The van der Waals surface area contributed by atoms with Crippen molar-refractivity contribution in [3.8, 4) is 0 Å². The molecular weight excluding hydrogens is 456 g/mol. The molecule has 180 valence electrons. The van der Waals surface area contributed by atoms with E-state index in [-0.39, 0.29) is 47.3 Å². The van der Waals surface area contributed by atoms with Crippen LogP contribution in [0.15, 0.2) is 18.2 Å². The van der Waals surface area contributed by atoms with Crippen molar-refractivity contribution in [3.63, 3.8) is 0 Å². The third-order valence-corrected chi connectivity index (χ3v) is 8.27. The Hall–Kier alpha value is -2.87. The highest BCUT2D eigenvalue weighted by atomic mass is 35.5. The van der Waals surface area contributed by atoms with E-state index in [2.05, 4.69) is 29.5 Å². The number of aromatic nitrogens is 1. The Kier molecular flexibility index (Phi) is 5.47. The van der Waals surface area contributed by atoms with Gasteiger partial charge < -0.3 is 25.3 Å². The zero-order chi connectivity index (χ0) is 24.4. The average molecular weight is 485 g/mol. The number of hydrogen-bond acceptors (Lipinski definition) is 4. The summed E-state index contributed by atoms with van der Waals surface area (Å²) in [6, 6.07) is 3.98. The number of piperidine rings is 1. The largest absolute Gasteiger partial charge is 0.356 e. The normalized spacial score (nSPS) is 27.9. The molecule has 2 aromatic rings. The molecule has 3 amide bonds. The van der Waals surface area contributed by atoms with Crippen LogP contribution in [0.5, 0.6) is 0 Å². The fourth-order valence-electron chi connectivity index (χ4n) is 6.04. The van der Waals surface area contributed by atoms with Gasteiger partial charge in [0.05, 0.1) is 6.04 Å². The maximum Gasteiger partial charge on any atom is 0.271 e. The van der Waals surface area contributed by atoms with Crippen molar-refractivity contribution >= 4 is 46.5 Å². The molecule has 2 saturated heterocycles. The summed E-state index contributed by atoms with van der Waals surface area (Å²) in [4.78, 5) is 55.4. The van der Waals surface area contributed by atoms with E-state index in [0.717, 1.165) is 16.5 Å². The smallest absolute Gasteiger partial charge is 0.271 e. The summed E-state index contributed by atoms with van der Waals surface area (Å²) in [5.41, 5.74) is 2.14. The van der Waals surface area contributed by atoms with Crippen LogP contribution in [0.3, 0.4) is 0 Å². The number of aryl methyl sites for hydroxylation is 1. The fraction of sp³-hybridized carbons (Fsp3) is 0.520. The van der Waals surface area contributed by atoms with Gasteiger partial charge in [-0.25, -0.2) is 0 Å². The molecule has 3 N–H and O–H groups in total. The predicted octanol–water partition coefficient (Wildman–Crippen LogP) is 2.44. The molecule has 34 heavy (non-hydrogen) atoms. The number of rotatable bonds is 6. The van der Waals surface area contributed by atoms with Gasteiger partial charge in [-0.05, 0) is 60.8 Å². The van der Waals surface area contributed by atoms with Crippen LogP contribution in [0.4, 0.5) is 0 Å². The number of likely N-dealkylation sites (tertiary alicyclic amines) is 1. The molecule has 3 fully saturated rings. The minimum atomic E-state index is -0.767. The first-order chi connectivity index (χ1) is 16.1. The van der Waals surface area contributed by atoms with Crippen LogP contribution < -0.4 is 10.6 Å². The average Bonchev–Trinajstić information content (AvgIpc) is 3.28. The lowest BCUT2D eigenvalue weighted by Gasteiger charge is -2.30. The first-order valence-electron chi connectivity index (χ1n) is 11.7. The van der Waals surface area contributed by atoms with Crippen LogP contribution in [-0.4, -0.2) is 59.1 Å². The lowest BCUT2D eigenvalue weighted by molar-refractivity contribution is -0.129. The molecule has 3 aliphatic rings.